The maximum atomic E-state index is 12.3. The Bertz CT molecular complexity index is 368. The Kier molecular flexibility index (Phi) is 7.17. The number of carbonyl (C=O) groups excluding carboxylic acids is 1. The molecular formula is C16H29F2N3O2. The third-order valence-electron chi connectivity index (χ3n) is 4.56. The normalized spacial score (nSPS) is 21.2. The molecular weight excluding hydrogens is 304 g/mol. The average Bonchev–Trinajstić information content (AvgIpc) is 2.46. The topological polar surface area (TPSA) is 36.0 Å². The maximum Gasteiger partial charge on any atom is 0.251 e. The van der Waals surface area contributed by atoms with Gasteiger partial charge in [-0.05, 0) is 39.9 Å². The number of halogens is 2. The van der Waals surface area contributed by atoms with Crippen LogP contribution in [-0.2, 0) is 9.53 Å². The molecule has 0 N–H and O–H groups in total. The first-order chi connectivity index (χ1) is 11.0. The standard InChI is InChI=1S/C16H29F2N3O2/c1-19(2)6-3-9-23-14-4-7-21(8-5-14)16(22)13-10-20(11-13)12-15(17)18/h13-15H,3-12H2,1-2H3. The summed E-state index contributed by atoms with van der Waals surface area (Å²) in [5.74, 6) is 0.0351. The zero-order valence-corrected chi connectivity index (χ0v) is 14.2. The smallest absolute Gasteiger partial charge is 0.251 e. The van der Waals surface area contributed by atoms with Crippen LogP contribution in [0.3, 0.4) is 0 Å². The van der Waals surface area contributed by atoms with E-state index in [-0.39, 0.29) is 24.5 Å². The van der Waals surface area contributed by atoms with Crippen LogP contribution in [0.1, 0.15) is 19.3 Å². The fraction of sp³-hybridized carbons (Fsp3) is 0.938. The number of amides is 1. The molecule has 1 amide bonds. The van der Waals surface area contributed by atoms with E-state index in [0.717, 1.165) is 45.5 Å². The van der Waals surface area contributed by atoms with Crippen molar-refractivity contribution in [2.75, 3.05) is 60.0 Å². The van der Waals surface area contributed by atoms with Crippen molar-refractivity contribution in [3.05, 3.63) is 0 Å². The summed E-state index contributed by atoms with van der Waals surface area (Å²) in [5, 5.41) is 0. The van der Waals surface area contributed by atoms with Crippen LogP contribution in [0, 0.1) is 5.92 Å². The van der Waals surface area contributed by atoms with Crippen molar-refractivity contribution in [3.63, 3.8) is 0 Å². The van der Waals surface area contributed by atoms with Gasteiger partial charge in [0, 0.05) is 32.8 Å². The predicted molar refractivity (Wildman–Crippen MR) is 84.7 cm³/mol. The molecule has 0 unspecified atom stereocenters. The van der Waals surface area contributed by atoms with Crippen molar-refractivity contribution in [2.45, 2.75) is 31.8 Å². The van der Waals surface area contributed by atoms with Crippen LogP contribution in [0.4, 0.5) is 8.78 Å². The molecule has 2 aliphatic rings. The Morgan fingerprint density at radius 1 is 1.26 bits per heavy atom. The van der Waals surface area contributed by atoms with Crippen LogP contribution in [-0.4, -0.2) is 93.1 Å². The second-order valence-electron chi connectivity index (χ2n) is 6.86. The highest BCUT2D eigenvalue weighted by atomic mass is 19.3. The van der Waals surface area contributed by atoms with Crippen molar-refractivity contribution in [1.29, 1.82) is 0 Å². The lowest BCUT2D eigenvalue weighted by molar-refractivity contribution is -0.144. The zero-order chi connectivity index (χ0) is 16.8. The number of rotatable bonds is 8. The van der Waals surface area contributed by atoms with E-state index in [1.165, 1.54) is 0 Å². The third kappa shape index (κ3) is 5.97. The molecule has 134 valence electrons. The Labute approximate surface area is 137 Å². The lowest BCUT2D eigenvalue weighted by atomic mass is 9.96. The van der Waals surface area contributed by atoms with Crippen LogP contribution >= 0.6 is 0 Å². The molecule has 0 bridgehead atoms. The van der Waals surface area contributed by atoms with E-state index >= 15 is 0 Å². The van der Waals surface area contributed by atoms with E-state index < -0.39 is 6.43 Å². The Hall–Kier alpha value is -0.790. The van der Waals surface area contributed by atoms with Crippen LogP contribution in [0.25, 0.3) is 0 Å². The van der Waals surface area contributed by atoms with Crippen molar-refractivity contribution in [1.82, 2.24) is 14.7 Å². The lowest BCUT2D eigenvalue weighted by Gasteiger charge is -2.42. The van der Waals surface area contributed by atoms with Gasteiger partial charge >= 0.3 is 0 Å². The fourth-order valence-corrected chi connectivity index (χ4v) is 3.20. The molecule has 0 aromatic rings. The first-order valence-corrected chi connectivity index (χ1v) is 8.51. The highest BCUT2D eigenvalue weighted by molar-refractivity contribution is 5.80. The molecule has 2 rings (SSSR count). The van der Waals surface area contributed by atoms with Gasteiger partial charge in [-0.2, -0.15) is 0 Å². The van der Waals surface area contributed by atoms with E-state index in [4.69, 9.17) is 4.74 Å². The summed E-state index contributed by atoms with van der Waals surface area (Å²) in [5.41, 5.74) is 0. The number of carbonyl (C=O) groups is 1. The molecule has 5 nitrogen and oxygen atoms in total. The molecule has 7 heteroatoms. The summed E-state index contributed by atoms with van der Waals surface area (Å²) in [6, 6.07) is 0. The number of hydrogen-bond donors (Lipinski definition) is 0. The van der Waals surface area contributed by atoms with Crippen LogP contribution in [0.15, 0.2) is 0 Å². The monoisotopic (exact) mass is 333 g/mol. The summed E-state index contributed by atoms with van der Waals surface area (Å²) in [6.45, 7) is 3.97. The second-order valence-corrected chi connectivity index (χ2v) is 6.86. The zero-order valence-electron chi connectivity index (χ0n) is 14.2. The number of likely N-dealkylation sites (tertiary alicyclic amines) is 2. The van der Waals surface area contributed by atoms with Crippen molar-refractivity contribution in [2.24, 2.45) is 5.92 Å². The SMILES string of the molecule is CN(C)CCCOC1CCN(C(=O)C2CN(CC(F)F)C2)CC1. The summed E-state index contributed by atoms with van der Waals surface area (Å²) < 4.78 is 30.4. The molecule has 0 aliphatic carbocycles. The molecule has 2 heterocycles. The van der Waals surface area contributed by atoms with Crippen LogP contribution in [0.2, 0.25) is 0 Å². The summed E-state index contributed by atoms with van der Waals surface area (Å²) in [7, 11) is 4.10. The van der Waals surface area contributed by atoms with E-state index in [2.05, 4.69) is 4.90 Å². The van der Waals surface area contributed by atoms with Gasteiger partial charge in [-0.25, -0.2) is 8.78 Å². The molecule has 0 aromatic heterocycles. The number of nitrogens with zero attached hydrogens (tertiary/aromatic N) is 3. The van der Waals surface area contributed by atoms with Gasteiger partial charge in [0.15, 0.2) is 0 Å². The van der Waals surface area contributed by atoms with Crippen LogP contribution in [0.5, 0.6) is 0 Å². The third-order valence-corrected chi connectivity index (χ3v) is 4.56. The molecule has 0 aromatic carbocycles. The summed E-state index contributed by atoms with van der Waals surface area (Å²) >= 11 is 0. The first-order valence-electron chi connectivity index (χ1n) is 8.51. The highest BCUT2D eigenvalue weighted by Crippen LogP contribution is 2.22. The van der Waals surface area contributed by atoms with Gasteiger partial charge in [0.25, 0.3) is 6.43 Å². The minimum absolute atomic E-state index is 0.0914. The molecule has 2 fully saturated rings. The number of alkyl halides is 2. The molecule has 2 saturated heterocycles. The first kappa shape index (κ1) is 18.5. The minimum Gasteiger partial charge on any atom is -0.378 e. The van der Waals surface area contributed by atoms with Crippen molar-refractivity contribution in [3.8, 4) is 0 Å². The summed E-state index contributed by atoms with van der Waals surface area (Å²) in [6.07, 6.45) is 0.709. The van der Waals surface area contributed by atoms with E-state index in [9.17, 15) is 13.6 Å². The Balaban J connectivity index is 1.58. The van der Waals surface area contributed by atoms with Crippen molar-refractivity contribution < 1.29 is 18.3 Å². The highest BCUT2D eigenvalue weighted by Gasteiger charge is 2.37. The molecule has 2 aliphatic heterocycles. The van der Waals surface area contributed by atoms with Gasteiger partial charge in [-0.1, -0.05) is 0 Å². The summed E-state index contributed by atoms with van der Waals surface area (Å²) in [4.78, 5) is 18.0. The van der Waals surface area contributed by atoms with Gasteiger partial charge in [-0.15, -0.1) is 0 Å². The lowest BCUT2D eigenvalue weighted by Crippen LogP contribution is -2.56. The Morgan fingerprint density at radius 3 is 2.48 bits per heavy atom. The minimum atomic E-state index is -2.31. The largest absolute Gasteiger partial charge is 0.378 e. The molecule has 23 heavy (non-hydrogen) atoms. The van der Waals surface area contributed by atoms with Gasteiger partial charge in [0.2, 0.25) is 5.91 Å². The van der Waals surface area contributed by atoms with Gasteiger partial charge in [-0.3, -0.25) is 9.69 Å². The van der Waals surface area contributed by atoms with Gasteiger partial charge in [0.05, 0.1) is 18.6 Å². The Morgan fingerprint density at radius 2 is 1.91 bits per heavy atom. The number of ether oxygens (including phenoxy) is 1. The quantitative estimate of drug-likeness (QED) is 0.624. The van der Waals surface area contributed by atoms with E-state index in [0.29, 0.717) is 13.1 Å². The predicted octanol–water partition coefficient (Wildman–Crippen LogP) is 1.14. The number of piperidine rings is 1. The van der Waals surface area contributed by atoms with Gasteiger partial charge < -0.3 is 14.5 Å². The number of hydrogen-bond acceptors (Lipinski definition) is 4. The molecule has 0 atom stereocenters. The van der Waals surface area contributed by atoms with Crippen LogP contribution < -0.4 is 0 Å². The molecule has 0 saturated carbocycles. The average molecular weight is 333 g/mol. The van der Waals surface area contributed by atoms with Crippen molar-refractivity contribution >= 4 is 5.91 Å². The fourth-order valence-electron chi connectivity index (χ4n) is 3.20. The van der Waals surface area contributed by atoms with E-state index in [1.807, 2.05) is 19.0 Å². The van der Waals surface area contributed by atoms with E-state index in [1.54, 1.807) is 4.90 Å². The second kappa shape index (κ2) is 8.89. The molecule has 0 spiro atoms. The van der Waals surface area contributed by atoms with Gasteiger partial charge in [0.1, 0.15) is 0 Å². The maximum absolute atomic E-state index is 12.3. The molecule has 0 radical (unpaired) electrons.